The molecule has 0 spiro atoms. The first kappa shape index (κ1) is 12.9. The molecule has 0 saturated heterocycles. The van der Waals surface area contributed by atoms with Crippen molar-refractivity contribution in [1.29, 1.82) is 5.26 Å². The van der Waals surface area contributed by atoms with E-state index in [0.29, 0.717) is 0 Å². The van der Waals surface area contributed by atoms with Crippen molar-refractivity contribution in [2.45, 2.75) is 71.6 Å². The molecular weight excluding hydrogens is 206 g/mol. The zero-order valence-electron chi connectivity index (χ0n) is 11.5. The third-order valence-electron chi connectivity index (χ3n) is 5.42. The summed E-state index contributed by atoms with van der Waals surface area (Å²) in [6.07, 6.45) is 12.1. The number of rotatable bonds is 2. The summed E-state index contributed by atoms with van der Waals surface area (Å²) in [4.78, 5) is 0. The molecule has 0 bridgehead atoms. The molecule has 0 unspecified atom stereocenters. The first-order valence-corrected chi connectivity index (χ1v) is 7.58. The van der Waals surface area contributed by atoms with Crippen LogP contribution in [0, 0.1) is 34.5 Å². The van der Waals surface area contributed by atoms with Crippen molar-refractivity contribution < 1.29 is 0 Å². The van der Waals surface area contributed by atoms with Crippen molar-refractivity contribution in [1.82, 2.24) is 0 Å². The van der Waals surface area contributed by atoms with E-state index >= 15 is 0 Å². The van der Waals surface area contributed by atoms with Crippen molar-refractivity contribution in [3.8, 4) is 6.07 Å². The molecule has 2 aliphatic rings. The van der Waals surface area contributed by atoms with Crippen molar-refractivity contribution in [3.63, 3.8) is 0 Å². The zero-order chi connectivity index (χ0) is 12.3. The molecule has 2 rings (SSSR count). The van der Waals surface area contributed by atoms with Crippen molar-refractivity contribution in [2.24, 2.45) is 23.2 Å². The molecule has 2 saturated carbocycles. The van der Waals surface area contributed by atoms with E-state index in [1.807, 2.05) is 0 Å². The van der Waals surface area contributed by atoms with Crippen LogP contribution >= 0.6 is 0 Å². The van der Waals surface area contributed by atoms with Crippen LogP contribution in [-0.2, 0) is 0 Å². The van der Waals surface area contributed by atoms with E-state index in [2.05, 4.69) is 19.9 Å². The molecular formula is C16H27N. The van der Waals surface area contributed by atoms with Gasteiger partial charge in [-0.3, -0.25) is 0 Å². The van der Waals surface area contributed by atoms with Crippen LogP contribution in [0.5, 0.6) is 0 Å². The van der Waals surface area contributed by atoms with E-state index < -0.39 is 0 Å². The lowest BCUT2D eigenvalue weighted by molar-refractivity contribution is 0.119. The summed E-state index contributed by atoms with van der Waals surface area (Å²) < 4.78 is 0. The Morgan fingerprint density at radius 2 is 1.82 bits per heavy atom. The Morgan fingerprint density at radius 3 is 2.41 bits per heavy atom. The summed E-state index contributed by atoms with van der Waals surface area (Å²) in [7, 11) is 0. The van der Waals surface area contributed by atoms with Gasteiger partial charge in [0.2, 0.25) is 0 Å². The van der Waals surface area contributed by atoms with Crippen molar-refractivity contribution >= 4 is 0 Å². The topological polar surface area (TPSA) is 23.8 Å². The first-order valence-electron chi connectivity index (χ1n) is 7.58. The average Bonchev–Trinajstić information content (AvgIpc) is 2.39. The molecule has 17 heavy (non-hydrogen) atoms. The van der Waals surface area contributed by atoms with E-state index in [4.69, 9.17) is 0 Å². The number of hydrogen-bond donors (Lipinski definition) is 0. The third kappa shape index (κ3) is 3.03. The summed E-state index contributed by atoms with van der Waals surface area (Å²) >= 11 is 0. The molecule has 0 aliphatic heterocycles. The van der Waals surface area contributed by atoms with E-state index in [0.717, 1.165) is 24.2 Å². The molecule has 0 aromatic carbocycles. The third-order valence-corrected chi connectivity index (χ3v) is 5.42. The van der Waals surface area contributed by atoms with Gasteiger partial charge in [0, 0.05) is 0 Å². The fourth-order valence-corrected chi connectivity index (χ4v) is 4.11. The molecule has 0 aromatic heterocycles. The van der Waals surface area contributed by atoms with Crippen LogP contribution < -0.4 is 0 Å². The lowest BCUT2D eigenvalue weighted by Crippen LogP contribution is -2.30. The van der Waals surface area contributed by atoms with Gasteiger partial charge in [0.05, 0.1) is 11.5 Å². The Morgan fingerprint density at radius 1 is 1.12 bits per heavy atom. The minimum atomic E-state index is -0.00940. The van der Waals surface area contributed by atoms with Gasteiger partial charge in [-0.25, -0.2) is 0 Å². The molecule has 0 radical (unpaired) electrons. The van der Waals surface area contributed by atoms with Crippen LogP contribution in [0.1, 0.15) is 71.6 Å². The van der Waals surface area contributed by atoms with Crippen LogP contribution in [-0.4, -0.2) is 0 Å². The summed E-state index contributed by atoms with van der Waals surface area (Å²) in [5, 5.41) is 9.30. The average molecular weight is 233 g/mol. The lowest BCUT2D eigenvalue weighted by atomic mass is 9.64. The molecule has 1 nitrogen and oxygen atoms in total. The lowest BCUT2D eigenvalue weighted by Gasteiger charge is -2.40. The molecule has 0 amide bonds. The minimum Gasteiger partial charge on any atom is -0.198 e. The predicted octanol–water partition coefficient (Wildman–Crippen LogP) is 4.92. The fourth-order valence-electron chi connectivity index (χ4n) is 4.11. The fraction of sp³-hybridized carbons (Fsp3) is 0.938. The maximum Gasteiger partial charge on any atom is 0.0686 e. The zero-order valence-corrected chi connectivity index (χ0v) is 11.5. The Labute approximate surface area is 107 Å². The first-order chi connectivity index (χ1) is 8.17. The number of nitrogens with zero attached hydrogens (tertiary/aromatic N) is 1. The van der Waals surface area contributed by atoms with Gasteiger partial charge in [0.1, 0.15) is 0 Å². The molecule has 2 fully saturated rings. The van der Waals surface area contributed by atoms with Crippen LogP contribution in [0.3, 0.4) is 0 Å². The van der Waals surface area contributed by atoms with Crippen molar-refractivity contribution in [2.75, 3.05) is 0 Å². The van der Waals surface area contributed by atoms with Crippen LogP contribution in [0.15, 0.2) is 0 Å². The summed E-state index contributed by atoms with van der Waals surface area (Å²) in [6.45, 7) is 4.51. The summed E-state index contributed by atoms with van der Waals surface area (Å²) in [5.74, 6) is 2.79. The molecule has 2 atom stereocenters. The highest BCUT2D eigenvalue weighted by Gasteiger charge is 2.36. The molecule has 0 N–H and O–H groups in total. The highest BCUT2D eigenvalue weighted by Crippen LogP contribution is 2.46. The van der Waals surface area contributed by atoms with Gasteiger partial charge in [-0.2, -0.15) is 5.26 Å². The highest BCUT2D eigenvalue weighted by molar-refractivity contribution is 5.00. The molecule has 0 aromatic rings. The largest absolute Gasteiger partial charge is 0.198 e. The molecule has 2 aliphatic carbocycles. The Balaban J connectivity index is 1.89. The summed E-state index contributed by atoms with van der Waals surface area (Å²) in [6, 6.07) is 2.57. The Bertz CT molecular complexity index is 282. The van der Waals surface area contributed by atoms with E-state index in [9.17, 15) is 5.26 Å². The van der Waals surface area contributed by atoms with Gasteiger partial charge in [-0.1, -0.05) is 39.0 Å². The van der Waals surface area contributed by atoms with Gasteiger partial charge in [0.15, 0.2) is 0 Å². The van der Waals surface area contributed by atoms with Gasteiger partial charge < -0.3 is 0 Å². The number of nitriles is 1. The Hall–Kier alpha value is -0.510. The second kappa shape index (κ2) is 5.42. The normalized spacial score (nSPS) is 43.0. The molecule has 0 heterocycles. The second-order valence-corrected chi connectivity index (χ2v) is 6.72. The van der Waals surface area contributed by atoms with Gasteiger partial charge in [-0.15, -0.1) is 0 Å². The second-order valence-electron chi connectivity index (χ2n) is 6.72. The van der Waals surface area contributed by atoms with E-state index in [1.165, 1.54) is 51.4 Å². The highest BCUT2D eigenvalue weighted by atomic mass is 14.4. The summed E-state index contributed by atoms with van der Waals surface area (Å²) in [5.41, 5.74) is -0.00940. The van der Waals surface area contributed by atoms with E-state index in [-0.39, 0.29) is 5.41 Å². The van der Waals surface area contributed by atoms with Crippen LogP contribution in [0.4, 0.5) is 0 Å². The van der Waals surface area contributed by atoms with Gasteiger partial charge in [0.25, 0.3) is 0 Å². The van der Waals surface area contributed by atoms with Gasteiger partial charge in [-0.05, 0) is 50.4 Å². The predicted molar refractivity (Wildman–Crippen MR) is 71.4 cm³/mol. The van der Waals surface area contributed by atoms with Gasteiger partial charge >= 0.3 is 0 Å². The quantitative estimate of drug-likeness (QED) is 0.664. The van der Waals surface area contributed by atoms with Crippen LogP contribution in [0.2, 0.25) is 0 Å². The Kier molecular flexibility index (Phi) is 4.13. The molecule has 1 heteroatoms. The maximum atomic E-state index is 9.30. The minimum absolute atomic E-state index is 0.00940. The van der Waals surface area contributed by atoms with Crippen molar-refractivity contribution in [3.05, 3.63) is 0 Å². The SMILES string of the molecule is CCC1CCC([C@@H]2CCC[C@@](C)(C#N)C2)CC1. The van der Waals surface area contributed by atoms with Crippen LogP contribution in [0.25, 0.3) is 0 Å². The molecule has 96 valence electrons. The monoisotopic (exact) mass is 233 g/mol. The standard InChI is InChI=1S/C16H27N/c1-3-13-6-8-14(9-7-13)15-5-4-10-16(2,11-15)12-17/h13-15H,3-11H2,1-2H3/t13?,14?,15-,16-/m1/s1. The van der Waals surface area contributed by atoms with E-state index in [1.54, 1.807) is 0 Å². The number of hydrogen-bond acceptors (Lipinski definition) is 1. The maximum absolute atomic E-state index is 9.30. The smallest absolute Gasteiger partial charge is 0.0686 e.